The van der Waals surface area contributed by atoms with Crippen LogP contribution in [0.1, 0.15) is 24.5 Å². The summed E-state index contributed by atoms with van der Waals surface area (Å²) in [7, 11) is 3.93. The van der Waals surface area contributed by atoms with Crippen LogP contribution in [0.15, 0.2) is 36.2 Å². The van der Waals surface area contributed by atoms with Gasteiger partial charge in [0.25, 0.3) is 0 Å². The molecule has 1 aromatic carbocycles. The van der Waals surface area contributed by atoms with E-state index in [1.54, 1.807) is 0 Å². The minimum atomic E-state index is 0.0304. The van der Waals surface area contributed by atoms with Gasteiger partial charge < -0.3 is 15.4 Å². The van der Waals surface area contributed by atoms with Crippen molar-refractivity contribution in [1.82, 2.24) is 15.3 Å². The Morgan fingerprint density at radius 2 is 2.00 bits per heavy atom. The smallest absolute Gasteiger partial charge is 0.0858 e. The number of hydrogen-bond donors (Lipinski definition) is 2. The molecule has 0 saturated carbocycles. The third-order valence-corrected chi connectivity index (χ3v) is 3.62. The third kappa shape index (κ3) is 5.40. The summed E-state index contributed by atoms with van der Waals surface area (Å²) in [6, 6.07) is 8.47. The summed E-state index contributed by atoms with van der Waals surface area (Å²) in [5.41, 5.74) is 3.56. The molecule has 0 bridgehead atoms. The van der Waals surface area contributed by atoms with Crippen molar-refractivity contribution in [3.8, 4) is 0 Å². The molecule has 0 radical (unpaired) electrons. The maximum atomic E-state index is 9.62. The molecule has 1 aromatic rings. The number of aliphatic hydroxyl groups is 1. The minimum Gasteiger partial charge on any atom is -0.392 e. The van der Waals surface area contributed by atoms with Gasteiger partial charge in [0, 0.05) is 33.4 Å². The van der Waals surface area contributed by atoms with Gasteiger partial charge >= 0.3 is 0 Å². The monoisotopic (exact) mass is 291 g/mol. The molecular formula is C17H29N3O. The van der Waals surface area contributed by atoms with Crippen molar-refractivity contribution < 1.29 is 5.11 Å². The highest BCUT2D eigenvalue weighted by Crippen LogP contribution is 2.12. The quantitative estimate of drug-likeness (QED) is 0.684. The largest absolute Gasteiger partial charge is 0.392 e. The van der Waals surface area contributed by atoms with Gasteiger partial charge in [-0.1, -0.05) is 31.2 Å². The lowest BCUT2D eigenvalue weighted by Gasteiger charge is -2.35. The van der Waals surface area contributed by atoms with Gasteiger partial charge in [-0.15, -0.1) is 0 Å². The summed E-state index contributed by atoms with van der Waals surface area (Å²) in [6.45, 7) is 6.16. The van der Waals surface area contributed by atoms with Gasteiger partial charge in [0.05, 0.1) is 12.3 Å². The van der Waals surface area contributed by atoms with Gasteiger partial charge in [0.15, 0.2) is 0 Å². The van der Waals surface area contributed by atoms with Crippen molar-refractivity contribution in [1.29, 1.82) is 0 Å². The molecule has 0 spiro atoms. The summed E-state index contributed by atoms with van der Waals surface area (Å²) >= 11 is 0. The molecule has 1 rings (SSSR count). The number of hydrazine groups is 1. The van der Waals surface area contributed by atoms with Gasteiger partial charge in [0.2, 0.25) is 0 Å². The Bertz CT molecular complexity index is 445. The summed E-state index contributed by atoms with van der Waals surface area (Å²) in [5.74, 6) is 0. The third-order valence-electron chi connectivity index (χ3n) is 3.62. The lowest BCUT2D eigenvalue weighted by atomic mass is 10.1. The molecule has 0 saturated heterocycles. The predicted molar refractivity (Wildman–Crippen MR) is 88.7 cm³/mol. The highest BCUT2D eigenvalue weighted by atomic mass is 16.3. The first-order valence-corrected chi connectivity index (χ1v) is 7.64. The van der Waals surface area contributed by atoms with E-state index >= 15 is 0 Å². The van der Waals surface area contributed by atoms with E-state index in [0.29, 0.717) is 0 Å². The highest BCUT2D eigenvalue weighted by molar-refractivity contribution is 5.25. The maximum Gasteiger partial charge on any atom is 0.0858 e. The highest BCUT2D eigenvalue weighted by Gasteiger charge is 2.14. The molecule has 0 aliphatic rings. The molecule has 0 heterocycles. The Hall–Kier alpha value is -1.52. The maximum absolute atomic E-state index is 9.62. The van der Waals surface area contributed by atoms with E-state index in [4.69, 9.17) is 0 Å². The zero-order valence-electron chi connectivity index (χ0n) is 13.8. The summed E-state index contributed by atoms with van der Waals surface area (Å²) in [4.78, 5) is 0. The van der Waals surface area contributed by atoms with E-state index in [2.05, 4.69) is 60.5 Å². The minimum absolute atomic E-state index is 0.0304. The fraction of sp³-hybridized carbons (Fsp3) is 0.529. The number of nitrogens with zero attached hydrogens (tertiary/aromatic N) is 2. The summed E-state index contributed by atoms with van der Waals surface area (Å²) < 4.78 is 0. The Balaban J connectivity index is 2.82. The van der Waals surface area contributed by atoms with Crippen LogP contribution in [0.2, 0.25) is 0 Å². The lowest BCUT2D eigenvalue weighted by Crippen LogP contribution is -2.42. The number of aliphatic hydroxyl groups excluding tert-OH is 1. The van der Waals surface area contributed by atoms with Crippen LogP contribution in [0.25, 0.3) is 0 Å². The Morgan fingerprint density at radius 1 is 1.29 bits per heavy atom. The van der Waals surface area contributed by atoms with Crippen LogP contribution in [0.4, 0.5) is 0 Å². The van der Waals surface area contributed by atoms with Crippen molar-refractivity contribution in [2.24, 2.45) is 0 Å². The molecule has 4 heteroatoms. The predicted octanol–water partition coefficient (Wildman–Crippen LogP) is 2.15. The number of rotatable bonds is 9. The lowest BCUT2D eigenvalue weighted by molar-refractivity contribution is 0.0243. The molecule has 21 heavy (non-hydrogen) atoms. The molecule has 0 atom stereocenters. The fourth-order valence-corrected chi connectivity index (χ4v) is 2.46. The first-order chi connectivity index (χ1) is 10.1. The van der Waals surface area contributed by atoms with Crippen LogP contribution in [0.3, 0.4) is 0 Å². The zero-order chi connectivity index (χ0) is 15.7. The van der Waals surface area contributed by atoms with Crippen molar-refractivity contribution in [3.05, 3.63) is 47.3 Å². The van der Waals surface area contributed by atoms with E-state index in [-0.39, 0.29) is 6.61 Å². The van der Waals surface area contributed by atoms with Crippen LogP contribution in [-0.4, -0.2) is 48.9 Å². The number of benzene rings is 1. The zero-order valence-corrected chi connectivity index (χ0v) is 13.8. The second-order valence-corrected chi connectivity index (χ2v) is 5.26. The van der Waals surface area contributed by atoms with Crippen LogP contribution >= 0.6 is 0 Å². The standard InChI is InChI=1S/C17H29N3O/c1-5-11-19(4)20(17(14-21)13-18-3)12-10-16-9-7-6-8-15(16)2/h6-9,13,18,21H,5,10-12,14H2,1-4H3/b17-13-. The first-order valence-electron chi connectivity index (χ1n) is 7.64. The van der Waals surface area contributed by atoms with Gasteiger partial charge in [-0.2, -0.15) is 0 Å². The summed E-state index contributed by atoms with van der Waals surface area (Å²) in [6.07, 6.45) is 3.90. The van der Waals surface area contributed by atoms with Crippen LogP contribution < -0.4 is 5.32 Å². The van der Waals surface area contributed by atoms with E-state index in [0.717, 1.165) is 31.6 Å². The summed E-state index contributed by atoms with van der Waals surface area (Å²) in [5, 5.41) is 17.0. The molecule has 0 fully saturated rings. The average molecular weight is 291 g/mol. The second-order valence-electron chi connectivity index (χ2n) is 5.26. The Labute approximate surface area is 129 Å². The van der Waals surface area contributed by atoms with E-state index < -0.39 is 0 Å². The number of aryl methyl sites for hydroxylation is 1. The first kappa shape index (κ1) is 17.5. The van der Waals surface area contributed by atoms with Crippen LogP contribution in [-0.2, 0) is 6.42 Å². The van der Waals surface area contributed by atoms with Gasteiger partial charge in [-0.3, -0.25) is 0 Å². The van der Waals surface area contributed by atoms with Gasteiger partial charge in [-0.25, -0.2) is 5.01 Å². The van der Waals surface area contributed by atoms with Crippen molar-refractivity contribution in [2.45, 2.75) is 26.7 Å². The second kappa shape index (κ2) is 9.42. The molecule has 0 unspecified atom stereocenters. The topological polar surface area (TPSA) is 38.7 Å². The molecule has 4 nitrogen and oxygen atoms in total. The van der Waals surface area contributed by atoms with Crippen LogP contribution in [0, 0.1) is 6.92 Å². The Morgan fingerprint density at radius 3 is 2.57 bits per heavy atom. The van der Waals surface area contributed by atoms with Gasteiger partial charge in [0.1, 0.15) is 0 Å². The van der Waals surface area contributed by atoms with Crippen molar-refractivity contribution in [3.63, 3.8) is 0 Å². The molecule has 0 aromatic heterocycles. The molecular weight excluding hydrogens is 262 g/mol. The number of nitrogens with one attached hydrogen (secondary N) is 1. The van der Waals surface area contributed by atoms with E-state index in [9.17, 15) is 5.11 Å². The van der Waals surface area contributed by atoms with E-state index in [1.807, 2.05) is 13.2 Å². The fourth-order valence-electron chi connectivity index (χ4n) is 2.46. The number of hydrogen-bond acceptors (Lipinski definition) is 4. The normalized spacial score (nSPS) is 11.8. The SMILES string of the molecule is CCCN(C)N(CCc1ccccc1C)/C(=C\NC)CO. The molecule has 118 valence electrons. The molecule has 0 aliphatic heterocycles. The average Bonchev–Trinajstić information content (AvgIpc) is 2.48. The molecule has 2 N–H and O–H groups in total. The Kier molecular flexibility index (Phi) is 7.87. The van der Waals surface area contributed by atoms with Crippen molar-refractivity contribution in [2.75, 3.05) is 33.8 Å². The van der Waals surface area contributed by atoms with Crippen molar-refractivity contribution >= 4 is 0 Å². The van der Waals surface area contributed by atoms with E-state index in [1.165, 1.54) is 11.1 Å². The van der Waals surface area contributed by atoms with Gasteiger partial charge in [-0.05, 0) is 30.9 Å². The van der Waals surface area contributed by atoms with Crippen LogP contribution in [0.5, 0.6) is 0 Å². The molecule has 0 aliphatic carbocycles. The molecule has 0 amide bonds.